The first-order valence-corrected chi connectivity index (χ1v) is 6.05. The minimum absolute atomic E-state index is 0.139. The van der Waals surface area contributed by atoms with Gasteiger partial charge in [-0.2, -0.15) is 0 Å². The average molecular weight is 260 g/mol. The van der Waals surface area contributed by atoms with E-state index in [-0.39, 0.29) is 21.9 Å². The fraction of sp³-hybridized carbons (Fsp3) is 0.0833. The van der Waals surface area contributed by atoms with Gasteiger partial charge in [0, 0.05) is 11.6 Å². The van der Waals surface area contributed by atoms with Crippen molar-refractivity contribution in [2.75, 3.05) is 11.5 Å². The first kappa shape index (κ1) is 12.4. The number of hydrogen-bond acceptors (Lipinski definition) is 6. The summed E-state index contributed by atoms with van der Waals surface area (Å²) in [5.74, 6) is 0.503. The van der Waals surface area contributed by atoms with Crippen LogP contribution in [0, 0.1) is 6.92 Å². The third-order valence-corrected chi connectivity index (χ3v) is 3.00. The second kappa shape index (κ2) is 5.05. The largest absolute Gasteiger partial charge is 0.383 e. The highest BCUT2D eigenvalue weighted by molar-refractivity contribution is 8.14. The molecule has 5 nitrogen and oxygen atoms in total. The number of thioether (sulfide) groups is 1. The number of nitrogens with two attached hydrogens (primary N) is 2. The monoisotopic (exact) mass is 260 g/mol. The summed E-state index contributed by atoms with van der Waals surface area (Å²) in [6.07, 6.45) is 0. The van der Waals surface area contributed by atoms with Crippen LogP contribution in [0.5, 0.6) is 0 Å². The molecular weight excluding hydrogens is 248 g/mol. The summed E-state index contributed by atoms with van der Waals surface area (Å²) in [5, 5.41) is 0.123. The smallest absolute Gasteiger partial charge is 0.227 e. The van der Waals surface area contributed by atoms with Crippen molar-refractivity contribution in [3.63, 3.8) is 0 Å². The number of benzene rings is 1. The molecule has 0 unspecified atom stereocenters. The molecule has 1 aromatic heterocycles. The minimum atomic E-state index is -0.139. The molecule has 1 heterocycles. The van der Waals surface area contributed by atoms with E-state index >= 15 is 0 Å². The van der Waals surface area contributed by atoms with Crippen molar-refractivity contribution >= 4 is 28.5 Å². The van der Waals surface area contributed by atoms with Crippen LogP contribution in [0.15, 0.2) is 35.5 Å². The molecule has 0 aliphatic carbocycles. The number of aromatic nitrogens is 2. The van der Waals surface area contributed by atoms with Gasteiger partial charge in [0.15, 0.2) is 5.16 Å². The zero-order chi connectivity index (χ0) is 13.1. The summed E-state index contributed by atoms with van der Waals surface area (Å²) < 4.78 is 0. The highest BCUT2D eigenvalue weighted by Gasteiger charge is 2.11. The molecule has 92 valence electrons. The molecular formula is C12H12N4OS. The number of aryl methyl sites for hydroxylation is 1. The van der Waals surface area contributed by atoms with Crippen LogP contribution in [0.25, 0.3) is 0 Å². The number of nitrogen functional groups attached to an aromatic ring is 2. The first-order chi connectivity index (χ1) is 8.54. The van der Waals surface area contributed by atoms with E-state index in [1.54, 1.807) is 12.1 Å². The van der Waals surface area contributed by atoms with E-state index in [4.69, 9.17) is 11.5 Å². The summed E-state index contributed by atoms with van der Waals surface area (Å²) in [6.45, 7) is 1.96. The van der Waals surface area contributed by atoms with Crippen LogP contribution in [0.2, 0.25) is 0 Å². The van der Waals surface area contributed by atoms with Crippen molar-refractivity contribution in [1.29, 1.82) is 0 Å². The third kappa shape index (κ3) is 2.98. The molecule has 2 rings (SSSR count). The summed E-state index contributed by atoms with van der Waals surface area (Å²) in [5.41, 5.74) is 12.8. The Morgan fingerprint density at radius 1 is 1.11 bits per heavy atom. The molecule has 0 atom stereocenters. The highest BCUT2D eigenvalue weighted by atomic mass is 32.2. The van der Waals surface area contributed by atoms with Crippen molar-refractivity contribution < 1.29 is 4.79 Å². The SMILES string of the molecule is Cc1ccc(C(=O)Sc2nc(N)cc(N)n2)cc1. The molecule has 0 saturated carbocycles. The van der Waals surface area contributed by atoms with E-state index in [9.17, 15) is 4.79 Å². The third-order valence-electron chi connectivity index (χ3n) is 2.22. The zero-order valence-electron chi connectivity index (χ0n) is 9.75. The number of anilines is 2. The lowest BCUT2D eigenvalue weighted by atomic mass is 10.2. The molecule has 1 aromatic carbocycles. The zero-order valence-corrected chi connectivity index (χ0v) is 10.6. The molecule has 0 fully saturated rings. The van der Waals surface area contributed by atoms with Crippen LogP contribution in [-0.2, 0) is 0 Å². The van der Waals surface area contributed by atoms with Gasteiger partial charge in [-0.05, 0) is 18.7 Å². The predicted molar refractivity (Wildman–Crippen MR) is 72.2 cm³/mol. The van der Waals surface area contributed by atoms with Gasteiger partial charge in [-0.3, -0.25) is 4.79 Å². The second-order valence-corrected chi connectivity index (χ2v) is 4.70. The van der Waals surface area contributed by atoms with Crippen LogP contribution in [0.1, 0.15) is 15.9 Å². The number of rotatable bonds is 2. The Bertz CT molecular complexity index is 563. The number of nitrogens with zero attached hydrogens (tertiary/aromatic N) is 2. The van der Waals surface area contributed by atoms with Gasteiger partial charge in [0.1, 0.15) is 11.6 Å². The van der Waals surface area contributed by atoms with Gasteiger partial charge in [0.05, 0.1) is 0 Å². The summed E-state index contributed by atoms with van der Waals surface area (Å²) in [7, 11) is 0. The molecule has 0 radical (unpaired) electrons. The molecule has 0 bridgehead atoms. The van der Waals surface area contributed by atoms with Gasteiger partial charge in [0.2, 0.25) is 5.12 Å². The van der Waals surface area contributed by atoms with Crippen LogP contribution in [-0.4, -0.2) is 15.1 Å². The topological polar surface area (TPSA) is 94.9 Å². The van der Waals surface area contributed by atoms with E-state index in [2.05, 4.69) is 9.97 Å². The summed E-state index contributed by atoms with van der Waals surface area (Å²) in [4.78, 5) is 19.8. The molecule has 0 aliphatic rings. The molecule has 4 N–H and O–H groups in total. The Kier molecular flexibility index (Phi) is 3.47. The molecule has 2 aromatic rings. The quantitative estimate of drug-likeness (QED) is 0.632. The fourth-order valence-electron chi connectivity index (χ4n) is 1.34. The molecule has 0 aliphatic heterocycles. The molecule has 0 saturated heterocycles. The Hall–Kier alpha value is -2.08. The lowest BCUT2D eigenvalue weighted by Crippen LogP contribution is -2.01. The first-order valence-electron chi connectivity index (χ1n) is 5.23. The van der Waals surface area contributed by atoms with Crippen molar-refractivity contribution in [2.45, 2.75) is 12.1 Å². The maximum atomic E-state index is 11.9. The van der Waals surface area contributed by atoms with Gasteiger partial charge in [-0.25, -0.2) is 9.97 Å². The molecule has 0 amide bonds. The van der Waals surface area contributed by atoms with E-state index in [1.807, 2.05) is 19.1 Å². The number of carbonyl (C=O) groups excluding carboxylic acids is 1. The average Bonchev–Trinajstić information content (AvgIpc) is 2.28. The van der Waals surface area contributed by atoms with Gasteiger partial charge in [-0.15, -0.1) is 0 Å². The van der Waals surface area contributed by atoms with Crippen LogP contribution in [0.4, 0.5) is 11.6 Å². The standard InChI is InChI=1S/C12H12N4OS/c1-7-2-4-8(5-3-7)11(17)18-12-15-9(13)6-10(14)16-12/h2-6H,1H3,(H4,13,14,15,16). The highest BCUT2D eigenvalue weighted by Crippen LogP contribution is 2.21. The second-order valence-electron chi connectivity index (χ2n) is 3.76. The van der Waals surface area contributed by atoms with Crippen molar-refractivity contribution in [3.8, 4) is 0 Å². The fourth-order valence-corrected chi connectivity index (χ4v) is 2.06. The molecule has 0 spiro atoms. The lowest BCUT2D eigenvalue weighted by Gasteiger charge is -2.02. The molecule has 18 heavy (non-hydrogen) atoms. The maximum Gasteiger partial charge on any atom is 0.227 e. The van der Waals surface area contributed by atoms with E-state index < -0.39 is 0 Å². The van der Waals surface area contributed by atoms with Crippen LogP contribution < -0.4 is 11.5 Å². The Balaban J connectivity index is 2.18. The minimum Gasteiger partial charge on any atom is -0.383 e. The van der Waals surface area contributed by atoms with Gasteiger partial charge >= 0.3 is 0 Å². The van der Waals surface area contributed by atoms with Crippen molar-refractivity contribution in [1.82, 2.24) is 9.97 Å². The normalized spacial score (nSPS) is 10.3. The Labute approximate surface area is 109 Å². The van der Waals surface area contributed by atoms with E-state index in [1.165, 1.54) is 6.07 Å². The van der Waals surface area contributed by atoms with Crippen LogP contribution >= 0.6 is 11.8 Å². The van der Waals surface area contributed by atoms with Gasteiger partial charge < -0.3 is 11.5 Å². The van der Waals surface area contributed by atoms with Gasteiger partial charge in [-0.1, -0.05) is 29.8 Å². The number of hydrogen-bond donors (Lipinski definition) is 2. The van der Waals surface area contributed by atoms with E-state index in [0.717, 1.165) is 17.3 Å². The Morgan fingerprint density at radius 3 is 2.22 bits per heavy atom. The summed E-state index contributed by atoms with van der Waals surface area (Å²) in [6, 6.07) is 8.73. The predicted octanol–water partition coefficient (Wildman–Crippen LogP) is 1.88. The Morgan fingerprint density at radius 2 is 1.67 bits per heavy atom. The number of carbonyl (C=O) groups is 1. The van der Waals surface area contributed by atoms with Gasteiger partial charge in [0.25, 0.3) is 0 Å². The van der Waals surface area contributed by atoms with Crippen LogP contribution in [0.3, 0.4) is 0 Å². The summed E-state index contributed by atoms with van der Waals surface area (Å²) >= 11 is 0.910. The van der Waals surface area contributed by atoms with E-state index in [0.29, 0.717) is 5.56 Å². The van der Waals surface area contributed by atoms with Crippen molar-refractivity contribution in [2.24, 2.45) is 0 Å². The van der Waals surface area contributed by atoms with Crippen molar-refractivity contribution in [3.05, 3.63) is 41.5 Å². The molecule has 6 heteroatoms. The lowest BCUT2D eigenvalue weighted by molar-refractivity contribution is 0.108. The maximum absolute atomic E-state index is 11.9.